The Hall–Kier alpha value is -2.69. The van der Waals surface area contributed by atoms with Crippen molar-refractivity contribution in [3.05, 3.63) is 35.1 Å². The van der Waals surface area contributed by atoms with Crippen LogP contribution in [0.3, 0.4) is 0 Å². The summed E-state index contributed by atoms with van der Waals surface area (Å²) in [5.74, 6) is -1.60. The van der Waals surface area contributed by atoms with Gasteiger partial charge in [0.05, 0.1) is 10.6 Å². The second-order valence-electron chi connectivity index (χ2n) is 4.41. The Kier molecular flexibility index (Phi) is 5.34. The molecule has 128 valence electrons. The number of carbonyl (C=O) groups excluding carboxylic acids is 2. The molecular weight excluding hydrogens is 355 g/mol. The molecule has 0 aliphatic rings. The summed E-state index contributed by atoms with van der Waals surface area (Å²) >= 11 is 5.47. The molecule has 0 aliphatic heterocycles. The summed E-state index contributed by atoms with van der Waals surface area (Å²) in [5, 5.41) is 11.7. The van der Waals surface area contributed by atoms with Gasteiger partial charge in [0.15, 0.2) is 6.61 Å². The number of alkyl halides is 3. The highest BCUT2D eigenvalue weighted by molar-refractivity contribution is 6.31. The number of nitrogens with zero attached hydrogens (tertiary/aromatic N) is 4. The lowest BCUT2D eigenvalue weighted by molar-refractivity contribution is -0.148. The predicted octanol–water partition coefficient (Wildman–Crippen LogP) is 1.53. The molecular formula is C12H9ClF3N5O3. The topological polar surface area (TPSA) is 99.0 Å². The highest BCUT2D eigenvalue weighted by Gasteiger charge is 2.33. The summed E-state index contributed by atoms with van der Waals surface area (Å²) in [6, 6.07) is 2.88. The van der Waals surface area contributed by atoms with E-state index in [2.05, 4.69) is 25.6 Å². The van der Waals surface area contributed by atoms with Crippen LogP contribution in [0.15, 0.2) is 24.5 Å². The van der Waals surface area contributed by atoms with Gasteiger partial charge < -0.3 is 10.1 Å². The second kappa shape index (κ2) is 7.25. The van der Waals surface area contributed by atoms with Crippen LogP contribution in [0.25, 0.3) is 0 Å². The van der Waals surface area contributed by atoms with E-state index in [4.69, 9.17) is 11.6 Å². The van der Waals surface area contributed by atoms with Crippen molar-refractivity contribution in [2.45, 2.75) is 12.7 Å². The Bertz CT molecular complexity index is 736. The molecule has 1 aromatic heterocycles. The number of carbonyl (C=O) groups is 2. The molecule has 0 fully saturated rings. The maximum atomic E-state index is 12.7. The molecule has 1 amide bonds. The summed E-state index contributed by atoms with van der Waals surface area (Å²) in [5.41, 5.74) is -1.22. The predicted molar refractivity (Wildman–Crippen MR) is 73.9 cm³/mol. The normalized spacial score (nSPS) is 11.2. The number of hydrogen-bond donors (Lipinski definition) is 1. The van der Waals surface area contributed by atoms with Gasteiger partial charge in [0.2, 0.25) is 0 Å². The Morgan fingerprint density at radius 1 is 1.33 bits per heavy atom. The Morgan fingerprint density at radius 2 is 2.08 bits per heavy atom. The number of rotatable bonds is 5. The summed E-state index contributed by atoms with van der Waals surface area (Å²) in [4.78, 5) is 23.0. The van der Waals surface area contributed by atoms with Crippen molar-refractivity contribution in [3.63, 3.8) is 0 Å². The van der Waals surface area contributed by atoms with Crippen molar-refractivity contribution in [3.8, 4) is 0 Å². The molecule has 0 spiro atoms. The Balaban J connectivity index is 1.89. The largest absolute Gasteiger partial charge is 0.454 e. The monoisotopic (exact) mass is 363 g/mol. The van der Waals surface area contributed by atoms with E-state index in [1.807, 2.05) is 0 Å². The minimum atomic E-state index is -4.66. The molecule has 8 nitrogen and oxygen atoms in total. The zero-order valence-corrected chi connectivity index (χ0v) is 12.5. The molecule has 1 aromatic carbocycles. The van der Waals surface area contributed by atoms with Crippen molar-refractivity contribution < 1.29 is 27.5 Å². The van der Waals surface area contributed by atoms with Crippen LogP contribution in [0.1, 0.15) is 5.56 Å². The van der Waals surface area contributed by atoms with Gasteiger partial charge in [0.1, 0.15) is 12.9 Å². The zero-order valence-electron chi connectivity index (χ0n) is 11.7. The molecule has 0 aliphatic carbocycles. The number of nitrogens with one attached hydrogen (secondary N) is 1. The molecule has 0 bridgehead atoms. The van der Waals surface area contributed by atoms with Crippen LogP contribution in [0.2, 0.25) is 5.02 Å². The molecule has 1 N–H and O–H groups in total. The summed E-state index contributed by atoms with van der Waals surface area (Å²) in [6.07, 6.45) is -3.48. The fraction of sp³-hybridized carbons (Fsp3) is 0.250. The number of hydrogen-bond acceptors (Lipinski definition) is 6. The van der Waals surface area contributed by atoms with Gasteiger partial charge in [-0.25, -0.2) is 4.68 Å². The maximum Gasteiger partial charge on any atom is 0.417 e. The number of tetrazole rings is 1. The van der Waals surface area contributed by atoms with Crippen molar-refractivity contribution in [2.75, 3.05) is 11.9 Å². The molecule has 0 atom stereocenters. The highest BCUT2D eigenvalue weighted by atomic mass is 35.5. The van der Waals surface area contributed by atoms with E-state index < -0.39 is 35.2 Å². The van der Waals surface area contributed by atoms with Gasteiger partial charge in [-0.1, -0.05) is 11.6 Å². The van der Waals surface area contributed by atoms with Crippen LogP contribution in [-0.4, -0.2) is 38.7 Å². The third-order valence-electron chi connectivity index (χ3n) is 2.60. The number of esters is 1. The van der Waals surface area contributed by atoms with Gasteiger partial charge in [0.25, 0.3) is 5.91 Å². The van der Waals surface area contributed by atoms with E-state index in [1.54, 1.807) is 0 Å². The van der Waals surface area contributed by atoms with Crippen LogP contribution in [-0.2, 0) is 27.0 Å². The van der Waals surface area contributed by atoms with Crippen molar-refractivity contribution >= 4 is 29.2 Å². The van der Waals surface area contributed by atoms with Gasteiger partial charge in [-0.3, -0.25) is 9.59 Å². The molecule has 24 heavy (non-hydrogen) atoms. The first kappa shape index (κ1) is 17.7. The van der Waals surface area contributed by atoms with Gasteiger partial charge in [-0.2, -0.15) is 13.2 Å². The molecule has 2 rings (SSSR count). The van der Waals surface area contributed by atoms with Crippen LogP contribution in [0.4, 0.5) is 18.9 Å². The van der Waals surface area contributed by atoms with Crippen molar-refractivity contribution in [1.82, 2.24) is 20.2 Å². The van der Waals surface area contributed by atoms with Crippen LogP contribution in [0, 0.1) is 0 Å². The SMILES string of the molecule is O=C(COC(=O)Cn1cnnn1)Nc1ccc(Cl)c(C(F)(F)F)c1. The number of anilines is 1. The first-order valence-electron chi connectivity index (χ1n) is 6.28. The lowest BCUT2D eigenvalue weighted by Crippen LogP contribution is -2.23. The van der Waals surface area contributed by atoms with E-state index in [0.717, 1.165) is 10.7 Å². The summed E-state index contributed by atoms with van der Waals surface area (Å²) in [6.45, 7) is -0.982. The average molecular weight is 364 g/mol. The second-order valence-corrected chi connectivity index (χ2v) is 4.82. The van der Waals surface area contributed by atoms with Gasteiger partial charge >= 0.3 is 12.1 Å². The van der Waals surface area contributed by atoms with Crippen LogP contribution >= 0.6 is 11.6 Å². The quantitative estimate of drug-likeness (QED) is 0.809. The minimum Gasteiger partial charge on any atom is -0.454 e. The average Bonchev–Trinajstić information content (AvgIpc) is 2.99. The number of aromatic nitrogens is 4. The standard InChI is InChI=1S/C12H9ClF3N5O3/c13-9-2-1-7(3-8(9)12(14,15)16)18-10(22)5-24-11(23)4-21-6-17-19-20-21/h1-3,6H,4-5H2,(H,18,22). The van der Waals surface area contributed by atoms with Gasteiger partial charge in [-0.15, -0.1) is 5.10 Å². The fourth-order valence-corrected chi connectivity index (χ4v) is 1.82. The third-order valence-corrected chi connectivity index (χ3v) is 2.93. The third kappa shape index (κ3) is 4.91. The first-order chi connectivity index (χ1) is 11.3. The maximum absolute atomic E-state index is 12.7. The van der Waals surface area contributed by atoms with Crippen molar-refractivity contribution in [1.29, 1.82) is 0 Å². The minimum absolute atomic E-state index is 0.131. The number of amides is 1. The smallest absolute Gasteiger partial charge is 0.417 e. The molecule has 2 aromatic rings. The van der Waals surface area contributed by atoms with E-state index in [1.165, 1.54) is 12.4 Å². The number of ether oxygens (including phenoxy) is 1. The Morgan fingerprint density at radius 3 is 2.71 bits per heavy atom. The molecule has 0 saturated carbocycles. The van der Waals surface area contributed by atoms with Gasteiger partial charge in [-0.05, 0) is 28.6 Å². The first-order valence-corrected chi connectivity index (χ1v) is 6.66. The van der Waals surface area contributed by atoms with Crippen LogP contribution in [0.5, 0.6) is 0 Å². The Labute approximate surface area is 137 Å². The molecule has 1 heterocycles. The zero-order chi connectivity index (χ0) is 17.7. The molecule has 0 saturated heterocycles. The summed E-state index contributed by atoms with van der Waals surface area (Å²) in [7, 11) is 0. The molecule has 0 radical (unpaired) electrons. The van der Waals surface area contributed by atoms with E-state index in [-0.39, 0.29) is 12.2 Å². The van der Waals surface area contributed by atoms with Gasteiger partial charge in [0, 0.05) is 5.69 Å². The van der Waals surface area contributed by atoms with Crippen LogP contribution < -0.4 is 5.32 Å². The molecule has 0 unspecified atom stereocenters. The number of halogens is 4. The summed E-state index contributed by atoms with van der Waals surface area (Å²) < 4.78 is 43.9. The highest BCUT2D eigenvalue weighted by Crippen LogP contribution is 2.36. The lowest BCUT2D eigenvalue weighted by atomic mass is 10.2. The number of benzene rings is 1. The molecule has 12 heteroatoms. The van der Waals surface area contributed by atoms with E-state index >= 15 is 0 Å². The lowest BCUT2D eigenvalue weighted by Gasteiger charge is -2.12. The van der Waals surface area contributed by atoms with E-state index in [9.17, 15) is 22.8 Å². The fourth-order valence-electron chi connectivity index (χ4n) is 1.59. The van der Waals surface area contributed by atoms with Crippen molar-refractivity contribution in [2.24, 2.45) is 0 Å². The van der Waals surface area contributed by atoms with E-state index in [0.29, 0.717) is 6.07 Å².